The molecule has 1 saturated heterocycles. The molecule has 4 heteroatoms. The Morgan fingerprint density at radius 1 is 1.45 bits per heavy atom. The van der Waals surface area contributed by atoms with Crippen LogP contribution in [0.25, 0.3) is 0 Å². The molecule has 1 heterocycles. The Hall–Kier alpha value is -0.580. The van der Waals surface area contributed by atoms with Crippen molar-refractivity contribution in [2.24, 2.45) is 5.73 Å². The summed E-state index contributed by atoms with van der Waals surface area (Å²) in [6.07, 6.45) is 3.50. The summed E-state index contributed by atoms with van der Waals surface area (Å²) in [7, 11) is 4.30. The Morgan fingerprint density at radius 2 is 2.20 bits per heavy atom. The van der Waals surface area contributed by atoms with E-state index in [0.717, 1.165) is 19.5 Å². The van der Waals surface area contributed by atoms with Gasteiger partial charge in [-0.1, -0.05) is 6.07 Å². The number of nitrogens with zero attached hydrogens (tertiary/aromatic N) is 2. The van der Waals surface area contributed by atoms with Crippen LogP contribution in [0.15, 0.2) is 22.7 Å². The van der Waals surface area contributed by atoms with Gasteiger partial charge in [-0.3, -0.25) is 0 Å². The van der Waals surface area contributed by atoms with E-state index in [1.54, 1.807) is 0 Å². The van der Waals surface area contributed by atoms with Gasteiger partial charge in [-0.05, 0) is 73.9 Å². The van der Waals surface area contributed by atoms with Crippen LogP contribution in [0, 0.1) is 0 Å². The first-order valence-corrected chi connectivity index (χ1v) is 8.22. The molecule has 1 fully saturated rings. The second kappa shape index (κ2) is 6.92. The van der Waals surface area contributed by atoms with Crippen LogP contribution in [0.5, 0.6) is 0 Å². The van der Waals surface area contributed by atoms with Crippen molar-refractivity contribution in [1.29, 1.82) is 0 Å². The molecule has 2 rings (SSSR count). The molecule has 2 N–H and O–H groups in total. The van der Waals surface area contributed by atoms with Gasteiger partial charge in [0.15, 0.2) is 0 Å². The van der Waals surface area contributed by atoms with Crippen molar-refractivity contribution < 1.29 is 0 Å². The lowest BCUT2D eigenvalue weighted by atomic mass is 10.1. The van der Waals surface area contributed by atoms with Gasteiger partial charge in [0.2, 0.25) is 0 Å². The maximum atomic E-state index is 5.88. The van der Waals surface area contributed by atoms with Gasteiger partial charge < -0.3 is 15.5 Å². The molecule has 2 unspecified atom stereocenters. The number of rotatable bonds is 5. The molecule has 20 heavy (non-hydrogen) atoms. The summed E-state index contributed by atoms with van der Waals surface area (Å²) in [4.78, 5) is 4.82. The third-order valence-electron chi connectivity index (χ3n) is 3.83. The zero-order chi connectivity index (χ0) is 14.7. The van der Waals surface area contributed by atoms with Crippen molar-refractivity contribution in [3.63, 3.8) is 0 Å². The third kappa shape index (κ3) is 3.96. The van der Waals surface area contributed by atoms with E-state index in [-0.39, 0.29) is 6.04 Å². The first-order chi connectivity index (χ1) is 9.47. The first-order valence-electron chi connectivity index (χ1n) is 7.42. The van der Waals surface area contributed by atoms with Gasteiger partial charge in [0.05, 0.1) is 5.69 Å². The SMILES string of the molecule is CC(N)Cc1ccc(N2CCCC2CN(C)C)c(Br)c1. The fourth-order valence-corrected chi connectivity index (χ4v) is 3.70. The van der Waals surface area contributed by atoms with Gasteiger partial charge in [-0.2, -0.15) is 0 Å². The number of halogens is 1. The van der Waals surface area contributed by atoms with E-state index >= 15 is 0 Å². The molecule has 0 amide bonds. The van der Waals surface area contributed by atoms with Gasteiger partial charge >= 0.3 is 0 Å². The molecule has 0 saturated carbocycles. The quantitative estimate of drug-likeness (QED) is 0.895. The highest BCUT2D eigenvalue weighted by molar-refractivity contribution is 9.10. The van der Waals surface area contributed by atoms with Gasteiger partial charge in [0.25, 0.3) is 0 Å². The molecule has 1 aliphatic heterocycles. The van der Waals surface area contributed by atoms with E-state index in [1.165, 1.54) is 28.6 Å². The topological polar surface area (TPSA) is 32.5 Å². The molecule has 112 valence electrons. The Kier molecular flexibility index (Phi) is 5.47. The predicted octanol–water partition coefficient (Wildman–Crippen LogP) is 2.87. The van der Waals surface area contributed by atoms with Crippen LogP contribution < -0.4 is 10.6 Å². The molecule has 0 aliphatic carbocycles. The summed E-state index contributed by atoms with van der Waals surface area (Å²) >= 11 is 3.74. The van der Waals surface area contributed by atoms with Crippen molar-refractivity contribution in [2.45, 2.75) is 38.3 Å². The van der Waals surface area contributed by atoms with E-state index in [0.29, 0.717) is 6.04 Å². The fraction of sp³-hybridized carbons (Fsp3) is 0.625. The van der Waals surface area contributed by atoms with Crippen LogP contribution >= 0.6 is 15.9 Å². The molecule has 3 nitrogen and oxygen atoms in total. The van der Waals surface area contributed by atoms with E-state index in [4.69, 9.17) is 5.73 Å². The van der Waals surface area contributed by atoms with Crippen molar-refractivity contribution in [1.82, 2.24) is 4.90 Å². The summed E-state index contributed by atoms with van der Waals surface area (Å²) in [5.41, 5.74) is 8.51. The maximum absolute atomic E-state index is 5.88. The monoisotopic (exact) mass is 339 g/mol. The molecule has 1 aromatic carbocycles. The van der Waals surface area contributed by atoms with Gasteiger partial charge in [0.1, 0.15) is 0 Å². The van der Waals surface area contributed by atoms with E-state index in [1.807, 2.05) is 0 Å². The first kappa shape index (κ1) is 15.8. The minimum Gasteiger partial charge on any atom is -0.366 e. The van der Waals surface area contributed by atoms with Crippen LogP contribution in [0.1, 0.15) is 25.3 Å². The number of likely N-dealkylation sites (N-methyl/N-ethyl adjacent to an activating group) is 1. The lowest BCUT2D eigenvalue weighted by molar-refractivity contribution is 0.372. The summed E-state index contributed by atoms with van der Waals surface area (Å²) in [6.45, 7) is 4.33. The number of benzene rings is 1. The van der Waals surface area contributed by atoms with Crippen molar-refractivity contribution in [3.8, 4) is 0 Å². The standard InChI is InChI=1S/C16H26BrN3/c1-12(18)9-13-6-7-16(15(17)10-13)20-8-4-5-14(20)11-19(2)3/h6-7,10,12,14H,4-5,8-9,11,18H2,1-3H3. The average molecular weight is 340 g/mol. The molecule has 0 aromatic heterocycles. The van der Waals surface area contributed by atoms with Crippen LogP contribution in [0.2, 0.25) is 0 Å². The van der Waals surface area contributed by atoms with Crippen molar-refractivity contribution in [2.75, 3.05) is 32.1 Å². The maximum Gasteiger partial charge on any atom is 0.0513 e. The van der Waals surface area contributed by atoms with Crippen molar-refractivity contribution in [3.05, 3.63) is 28.2 Å². The molecule has 0 bridgehead atoms. The van der Waals surface area contributed by atoms with E-state index in [2.05, 4.69) is 64.9 Å². The number of nitrogens with two attached hydrogens (primary N) is 1. The van der Waals surface area contributed by atoms with Crippen LogP contribution in [-0.4, -0.2) is 44.2 Å². The molecule has 2 atom stereocenters. The molecule has 1 aliphatic rings. The zero-order valence-corrected chi connectivity index (χ0v) is 14.4. The third-order valence-corrected chi connectivity index (χ3v) is 4.47. The number of hydrogen-bond acceptors (Lipinski definition) is 3. The van der Waals surface area contributed by atoms with Gasteiger partial charge in [0, 0.05) is 29.6 Å². The molecule has 0 spiro atoms. The van der Waals surface area contributed by atoms with Crippen LogP contribution in [0.4, 0.5) is 5.69 Å². The predicted molar refractivity (Wildman–Crippen MR) is 90.4 cm³/mol. The fourth-order valence-electron chi connectivity index (χ4n) is 3.05. The average Bonchev–Trinajstić information content (AvgIpc) is 2.75. The smallest absolute Gasteiger partial charge is 0.0513 e. The Bertz CT molecular complexity index is 445. The summed E-state index contributed by atoms with van der Waals surface area (Å²) < 4.78 is 1.20. The minimum absolute atomic E-state index is 0.209. The Labute approximate surface area is 131 Å². The highest BCUT2D eigenvalue weighted by Gasteiger charge is 2.26. The molecular formula is C16H26BrN3. The van der Waals surface area contributed by atoms with E-state index in [9.17, 15) is 0 Å². The second-order valence-electron chi connectivity index (χ2n) is 6.22. The van der Waals surface area contributed by atoms with E-state index < -0.39 is 0 Å². The summed E-state index contributed by atoms with van der Waals surface area (Å²) in [6, 6.07) is 7.52. The highest BCUT2D eigenvalue weighted by Crippen LogP contribution is 2.33. The lowest BCUT2D eigenvalue weighted by Crippen LogP contribution is -2.37. The Balaban J connectivity index is 2.15. The summed E-state index contributed by atoms with van der Waals surface area (Å²) in [5.74, 6) is 0. The highest BCUT2D eigenvalue weighted by atomic mass is 79.9. The molecule has 1 aromatic rings. The largest absolute Gasteiger partial charge is 0.366 e. The molecular weight excluding hydrogens is 314 g/mol. The zero-order valence-electron chi connectivity index (χ0n) is 12.8. The summed E-state index contributed by atoms with van der Waals surface area (Å²) in [5, 5.41) is 0. The molecule has 0 radical (unpaired) electrons. The number of hydrogen-bond donors (Lipinski definition) is 1. The van der Waals surface area contributed by atoms with Crippen LogP contribution in [0.3, 0.4) is 0 Å². The second-order valence-corrected chi connectivity index (χ2v) is 7.07. The van der Waals surface area contributed by atoms with Crippen molar-refractivity contribution >= 4 is 21.6 Å². The van der Waals surface area contributed by atoms with Gasteiger partial charge in [-0.15, -0.1) is 0 Å². The lowest BCUT2D eigenvalue weighted by Gasteiger charge is -2.30. The van der Waals surface area contributed by atoms with Crippen LogP contribution in [-0.2, 0) is 6.42 Å². The normalized spacial score (nSPS) is 20.7. The minimum atomic E-state index is 0.209. The number of anilines is 1. The Morgan fingerprint density at radius 3 is 2.80 bits per heavy atom. The van der Waals surface area contributed by atoms with Gasteiger partial charge in [-0.25, -0.2) is 0 Å².